The van der Waals surface area contributed by atoms with E-state index < -0.39 is 12.0 Å². The molecule has 2 unspecified atom stereocenters. The van der Waals surface area contributed by atoms with Gasteiger partial charge in [0.1, 0.15) is 5.82 Å². The van der Waals surface area contributed by atoms with Crippen LogP contribution >= 0.6 is 0 Å². The number of nitrogens with zero attached hydrogens (tertiary/aromatic N) is 5. The normalized spacial score (nSPS) is 20.9. The van der Waals surface area contributed by atoms with E-state index in [9.17, 15) is 14.0 Å². The maximum Gasteiger partial charge on any atom is 0.254 e. The monoisotopic (exact) mass is 479 g/mol. The summed E-state index contributed by atoms with van der Waals surface area (Å²) in [6, 6.07) is 13.4. The Morgan fingerprint density at radius 2 is 1.91 bits per heavy atom. The Bertz CT molecular complexity index is 1190. The van der Waals surface area contributed by atoms with Crippen LogP contribution in [0.25, 0.3) is 11.4 Å². The Kier molecular flexibility index (Phi) is 6.56. The van der Waals surface area contributed by atoms with Gasteiger partial charge in [0.25, 0.3) is 5.91 Å². The van der Waals surface area contributed by atoms with Crippen molar-refractivity contribution >= 4 is 17.9 Å². The van der Waals surface area contributed by atoms with Gasteiger partial charge < -0.3 is 19.1 Å². The van der Waals surface area contributed by atoms with Crippen LogP contribution in [0.5, 0.6) is 0 Å². The number of carbonyl (C=O) groups excluding carboxylic acids is 2. The van der Waals surface area contributed by atoms with Crippen molar-refractivity contribution in [1.29, 1.82) is 0 Å². The second kappa shape index (κ2) is 9.93. The second-order valence-electron chi connectivity index (χ2n) is 8.72. The van der Waals surface area contributed by atoms with Crippen LogP contribution in [0.1, 0.15) is 16.2 Å². The van der Waals surface area contributed by atoms with Crippen molar-refractivity contribution < 1.29 is 23.2 Å². The number of carbonyl (C=O) groups is 2. The SMILES string of the molecule is Cc1nc(-c2ccc(N3CC(CN4CCN(C(=O)c5cccc(F)c5)CC4)OC3C=O)cc2)no1. The summed E-state index contributed by atoms with van der Waals surface area (Å²) in [4.78, 5) is 34.5. The zero-order valence-electron chi connectivity index (χ0n) is 19.3. The lowest BCUT2D eigenvalue weighted by Gasteiger charge is -2.35. The number of anilines is 1. The summed E-state index contributed by atoms with van der Waals surface area (Å²) < 4.78 is 24.5. The van der Waals surface area contributed by atoms with Gasteiger partial charge >= 0.3 is 0 Å². The first kappa shape index (κ1) is 23.1. The molecule has 0 bridgehead atoms. The predicted molar refractivity (Wildman–Crippen MR) is 125 cm³/mol. The molecule has 0 aliphatic carbocycles. The van der Waals surface area contributed by atoms with E-state index in [1.165, 1.54) is 12.1 Å². The van der Waals surface area contributed by atoms with Crippen molar-refractivity contribution in [2.24, 2.45) is 0 Å². The number of piperazine rings is 1. The summed E-state index contributed by atoms with van der Waals surface area (Å²) in [6.07, 6.45) is 0.0100. The molecule has 2 fully saturated rings. The van der Waals surface area contributed by atoms with Gasteiger partial charge in [-0.2, -0.15) is 4.98 Å². The zero-order chi connectivity index (χ0) is 24.4. The second-order valence-corrected chi connectivity index (χ2v) is 8.72. The standard InChI is InChI=1S/C25H26FN5O4/c1-17-27-24(28-35-17)18-5-7-21(8-6-18)31-15-22(34-23(31)16-32)14-29-9-11-30(12-10-29)25(33)19-3-2-4-20(26)13-19/h2-8,13,16,22-23H,9-12,14-15H2,1H3. The Hall–Kier alpha value is -3.63. The summed E-state index contributed by atoms with van der Waals surface area (Å²) >= 11 is 0. The number of ether oxygens (including phenoxy) is 1. The fraction of sp³-hybridized carbons (Fsp3) is 0.360. The van der Waals surface area contributed by atoms with E-state index in [0.717, 1.165) is 17.5 Å². The lowest BCUT2D eigenvalue weighted by atomic mass is 10.1. The maximum atomic E-state index is 13.5. The van der Waals surface area contributed by atoms with Gasteiger partial charge in [-0.25, -0.2) is 4.39 Å². The van der Waals surface area contributed by atoms with Crippen molar-refractivity contribution in [3.05, 3.63) is 65.8 Å². The number of amides is 1. The van der Waals surface area contributed by atoms with Crippen molar-refractivity contribution in [2.75, 3.05) is 44.2 Å². The first-order valence-electron chi connectivity index (χ1n) is 11.6. The third kappa shape index (κ3) is 5.08. The highest BCUT2D eigenvalue weighted by atomic mass is 19.1. The van der Waals surface area contributed by atoms with Crippen molar-refractivity contribution in [2.45, 2.75) is 19.3 Å². The van der Waals surface area contributed by atoms with Gasteiger partial charge in [0.05, 0.1) is 6.10 Å². The van der Waals surface area contributed by atoms with Gasteiger partial charge in [0, 0.05) is 63.0 Å². The molecule has 3 heterocycles. The molecule has 2 aliphatic rings. The molecule has 9 nitrogen and oxygen atoms in total. The third-order valence-corrected chi connectivity index (χ3v) is 6.33. The van der Waals surface area contributed by atoms with Crippen molar-refractivity contribution in [3.8, 4) is 11.4 Å². The van der Waals surface area contributed by atoms with E-state index in [2.05, 4.69) is 15.0 Å². The van der Waals surface area contributed by atoms with E-state index in [0.29, 0.717) is 56.5 Å². The Labute approximate surface area is 202 Å². The van der Waals surface area contributed by atoms with Crippen LogP contribution < -0.4 is 4.90 Å². The number of rotatable bonds is 6. The first-order chi connectivity index (χ1) is 17.0. The molecule has 0 spiro atoms. The molecule has 2 aromatic carbocycles. The molecule has 0 N–H and O–H groups in total. The van der Waals surface area contributed by atoms with Crippen LogP contribution in [0.15, 0.2) is 53.1 Å². The minimum Gasteiger partial charge on any atom is -0.345 e. The third-order valence-electron chi connectivity index (χ3n) is 6.33. The summed E-state index contributed by atoms with van der Waals surface area (Å²) in [7, 11) is 0. The van der Waals surface area contributed by atoms with Gasteiger partial charge in [-0.3, -0.25) is 14.5 Å². The van der Waals surface area contributed by atoms with Crippen molar-refractivity contribution in [3.63, 3.8) is 0 Å². The van der Waals surface area contributed by atoms with Gasteiger partial charge in [-0.15, -0.1) is 0 Å². The molecule has 5 rings (SSSR count). The summed E-state index contributed by atoms with van der Waals surface area (Å²) in [5, 5.41) is 3.93. The first-order valence-corrected chi connectivity index (χ1v) is 11.6. The number of aryl methyl sites for hydroxylation is 1. The lowest BCUT2D eigenvalue weighted by molar-refractivity contribution is -0.117. The Balaban J connectivity index is 1.16. The Morgan fingerprint density at radius 3 is 2.57 bits per heavy atom. The van der Waals surface area contributed by atoms with Crippen molar-refractivity contribution in [1.82, 2.24) is 19.9 Å². The molecular weight excluding hydrogens is 453 g/mol. The fourth-order valence-electron chi connectivity index (χ4n) is 4.54. The molecule has 35 heavy (non-hydrogen) atoms. The minimum atomic E-state index is -0.658. The number of hydrogen-bond donors (Lipinski definition) is 0. The number of aldehydes is 1. The van der Waals surface area contributed by atoms with E-state index in [4.69, 9.17) is 9.26 Å². The molecular formula is C25H26FN5O4. The van der Waals surface area contributed by atoms with Crippen LogP contribution in [0.2, 0.25) is 0 Å². The molecule has 0 radical (unpaired) electrons. The topological polar surface area (TPSA) is 92.0 Å². The van der Waals surface area contributed by atoms with E-state index in [1.54, 1.807) is 24.0 Å². The average molecular weight is 480 g/mol. The van der Waals surface area contributed by atoms with E-state index >= 15 is 0 Å². The highest BCUT2D eigenvalue weighted by Gasteiger charge is 2.34. The number of hydrogen-bond acceptors (Lipinski definition) is 8. The average Bonchev–Trinajstić information content (AvgIpc) is 3.50. The molecule has 2 saturated heterocycles. The van der Waals surface area contributed by atoms with E-state index in [1.807, 2.05) is 29.2 Å². The number of halogens is 1. The largest absolute Gasteiger partial charge is 0.345 e. The van der Waals surface area contributed by atoms with Gasteiger partial charge in [-0.05, 0) is 42.5 Å². The molecule has 2 aliphatic heterocycles. The van der Waals surface area contributed by atoms with Crippen LogP contribution in [0, 0.1) is 12.7 Å². The van der Waals surface area contributed by atoms with Crippen LogP contribution in [-0.2, 0) is 9.53 Å². The van der Waals surface area contributed by atoms with Gasteiger partial charge in [0.15, 0.2) is 12.5 Å². The minimum absolute atomic E-state index is 0.143. The van der Waals surface area contributed by atoms with Crippen LogP contribution in [-0.4, -0.2) is 83.7 Å². The maximum absolute atomic E-state index is 13.5. The molecule has 1 aromatic heterocycles. The lowest BCUT2D eigenvalue weighted by Crippen LogP contribution is -2.50. The number of aromatic nitrogens is 2. The highest BCUT2D eigenvalue weighted by molar-refractivity contribution is 5.94. The summed E-state index contributed by atoms with van der Waals surface area (Å²) in [5.41, 5.74) is 2.07. The van der Waals surface area contributed by atoms with Crippen LogP contribution in [0.4, 0.5) is 10.1 Å². The quantitative estimate of drug-likeness (QED) is 0.498. The smallest absolute Gasteiger partial charge is 0.254 e. The number of benzene rings is 2. The predicted octanol–water partition coefficient (Wildman–Crippen LogP) is 2.37. The molecule has 2 atom stereocenters. The van der Waals surface area contributed by atoms with Gasteiger partial charge in [-0.1, -0.05) is 11.2 Å². The molecule has 0 saturated carbocycles. The molecule has 3 aromatic rings. The van der Waals surface area contributed by atoms with E-state index in [-0.39, 0.29) is 12.0 Å². The van der Waals surface area contributed by atoms with Crippen LogP contribution in [0.3, 0.4) is 0 Å². The Morgan fingerprint density at radius 1 is 1.14 bits per heavy atom. The summed E-state index contributed by atoms with van der Waals surface area (Å²) in [6.45, 7) is 5.45. The zero-order valence-corrected chi connectivity index (χ0v) is 19.3. The fourth-order valence-corrected chi connectivity index (χ4v) is 4.54. The summed E-state index contributed by atoms with van der Waals surface area (Å²) in [5.74, 6) is 0.446. The molecule has 1 amide bonds. The molecule has 182 valence electrons. The van der Waals surface area contributed by atoms with Gasteiger partial charge in [0.2, 0.25) is 11.7 Å². The molecule has 10 heteroatoms. The highest BCUT2D eigenvalue weighted by Crippen LogP contribution is 2.27.